The first-order chi connectivity index (χ1) is 8.40. The van der Waals surface area contributed by atoms with Crippen LogP contribution in [0.3, 0.4) is 0 Å². The fourth-order valence-corrected chi connectivity index (χ4v) is 2.12. The third-order valence-corrected chi connectivity index (χ3v) is 3.12. The van der Waals surface area contributed by atoms with E-state index < -0.39 is 17.8 Å². The molecule has 1 N–H and O–H groups in total. The molecule has 0 aliphatic carbocycles. The first kappa shape index (κ1) is 15.1. The highest BCUT2D eigenvalue weighted by Gasteiger charge is 2.35. The van der Waals surface area contributed by atoms with Crippen molar-refractivity contribution in [1.29, 1.82) is 0 Å². The average molecular weight is 320 g/mol. The van der Waals surface area contributed by atoms with E-state index in [0.29, 0.717) is 17.3 Å². The van der Waals surface area contributed by atoms with Gasteiger partial charge in [0.05, 0.1) is 5.56 Å². The number of hydrogen-bond acceptors (Lipinski definition) is 1. The lowest BCUT2D eigenvalue weighted by Gasteiger charge is -2.21. The Bertz CT molecular complexity index is 449. The van der Waals surface area contributed by atoms with E-state index in [1.807, 2.05) is 0 Å². The second kappa shape index (κ2) is 6.26. The van der Waals surface area contributed by atoms with Gasteiger partial charge >= 0.3 is 6.18 Å². The molecule has 0 heterocycles. The summed E-state index contributed by atoms with van der Waals surface area (Å²) >= 11 is 3.06. The summed E-state index contributed by atoms with van der Waals surface area (Å²) in [5.74, 6) is 2.44. The quantitative estimate of drug-likeness (QED) is 0.822. The van der Waals surface area contributed by atoms with Crippen molar-refractivity contribution in [3.8, 4) is 12.3 Å². The maximum Gasteiger partial charge on any atom is 0.416 e. The number of halogens is 4. The van der Waals surface area contributed by atoms with Gasteiger partial charge in [-0.25, -0.2) is 0 Å². The van der Waals surface area contributed by atoms with E-state index in [2.05, 4.69) is 27.2 Å². The van der Waals surface area contributed by atoms with Crippen molar-refractivity contribution >= 4 is 15.9 Å². The standard InChI is InChI=1S/C13H13BrF3N/c1-3-4-5-12(18-2)10-7-6-9(14)8-11(10)13(15,16)17/h1,6-8,12,18H,4-5H2,2H3. The maximum atomic E-state index is 13.0. The molecule has 0 aliphatic heterocycles. The summed E-state index contributed by atoms with van der Waals surface area (Å²) in [6.45, 7) is 0. The minimum atomic E-state index is -4.37. The van der Waals surface area contributed by atoms with Crippen LogP contribution in [0.5, 0.6) is 0 Å². The van der Waals surface area contributed by atoms with Crippen LogP contribution in [0.2, 0.25) is 0 Å². The molecule has 1 aromatic rings. The van der Waals surface area contributed by atoms with Crippen molar-refractivity contribution in [1.82, 2.24) is 5.32 Å². The molecule has 18 heavy (non-hydrogen) atoms. The molecule has 5 heteroatoms. The van der Waals surface area contributed by atoms with Crippen molar-refractivity contribution in [2.24, 2.45) is 0 Å². The van der Waals surface area contributed by atoms with Gasteiger partial charge in [-0.15, -0.1) is 12.3 Å². The minimum Gasteiger partial charge on any atom is -0.313 e. The van der Waals surface area contributed by atoms with Crippen molar-refractivity contribution in [2.45, 2.75) is 25.1 Å². The van der Waals surface area contributed by atoms with Crippen LogP contribution in [0.1, 0.15) is 30.0 Å². The van der Waals surface area contributed by atoms with Gasteiger partial charge in [-0.2, -0.15) is 13.2 Å². The SMILES string of the molecule is C#CCCC(NC)c1ccc(Br)cc1C(F)(F)F. The van der Waals surface area contributed by atoms with Gasteiger partial charge < -0.3 is 5.32 Å². The summed E-state index contributed by atoms with van der Waals surface area (Å²) < 4.78 is 39.3. The van der Waals surface area contributed by atoms with Crippen LogP contribution in [0, 0.1) is 12.3 Å². The number of alkyl halides is 3. The average Bonchev–Trinajstić information content (AvgIpc) is 2.30. The molecule has 98 valence electrons. The van der Waals surface area contributed by atoms with Gasteiger partial charge in [-0.1, -0.05) is 22.0 Å². The lowest BCUT2D eigenvalue weighted by Crippen LogP contribution is -2.21. The Balaban J connectivity index is 3.18. The van der Waals surface area contributed by atoms with E-state index in [0.717, 1.165) is 6.07 Å². The summed E-state index contributed by atoms with van der Waals surface area (Å²) in [5, 5.41) is 2.87. The van der Waals surface area contributed by atoms with E-state index >= 15 is 0 Å². The van der Waals surface area contributed by atoms with Crippen molar-refractivity contribution < 1.29 is 13.2 Å². The predicted octanol–water partition coefficient (Wildman–Crippen LogP) is 4.14. The highest BCUT2D eigenvalue weighted by atomic mass is 79.9. The van der Waals surface area contributed by atoms with Crippen molar-refractivity contribution in [3.63, 3.8) is 0 Å². The third-order valence-electron chi connectivity index (χ3n) is 2.62. The van der Waals surface area contributed by atoms with Crippen LogP contribution in [0.4, 0.5) is 13.2 Å². The third kappa shape index (κ3) is 3.76. The lowest BCUT2D eigenvalue weighted by molar-refractivity contribution is -0.138. The molecular formula is C13H13BrF3N. The van der Waals surface area contributed by atoms with Gasteiger partial charge in [0.15, 0.2) is 0 Å². The maximum absolute atomic E-state index is 13.0. The summed E-state index contributed by atoms with van der Waals surface area (Å²) in [4.78, 5) is 0. The summed E-state index contributed by atoms with van der Waals surface area (Å²) in [6, 6.07) is 3.77. The van der Waals surface area contributed by atoms with Crippen LogP contribution >= 0.6 is 15.9 Å². The van der Waals surface area contributed by atoms with Crippen LogP contribution < -0.4 is 5.32 Å². The Morgan fingerprint density at radius 3 is 2.61 bits per heavy atom. The smallest absolute Gasteiger partial charge is 0.313 e. The molecule has 0 fully saturated rings. The second-order valence-corrected chi connectivity index (χ2v) is 4.73. The van der Waals surface area contributed by atoms with E-state index in [-0.39, 0.29) is 5.56 Å². The number of benzene rings is 1. The molecule has 0 bridgehead atoms. The van der Waals surface area contributed by atoms with E-state index in [1.54, 1.807) is 13.1 Å². The Morgan fingerprint density at radius 1 is 1.44 bits per heavy atom. The van der Waals surface area contributed by atoms with Crippen LogP contribution in [-0.2, 0) is 6.18 Å². The number of nitrogens with one attached hydrogen (secondary N) is 1. The predicted molar refractivity (Wildman–Crippen MR) is 69.0 cm³/mol. The fraction of sp³-hybridized carbons (Fsp3) is 0.385. The number of rotatable bonds is 4. The zero-order valence-corrected chi connectivity index (χ0v) is 11.4. The first-order valence-corrected chi connectivity index (χ1v) is 6.16. The Kier molecular flexibility index (Phi) is 5.24. The molecule has 1 nitrogen and oxygen atoms in total. The Morgan fingerprint density at radius 2 is 2.11 bits per heavy atom. The van der Waals surface area contributed by atoms with Gasteiger partial charge in [-0.05, 0) is 31.2 Å². The van der Waals surface area contributed by atoms with E-state index in [4.69, 9.17) is 6.42 Å². The largest absolute Gasteiger partial charge is 0.416 e. The minimum absolute atomic E-state index is 0.225. The molecule has 0 saturated heterocycles. The van der Waals surface area contributed by atoms with Gasteiger partial charge in [-0.3, -0.25) is 0 Å². The molecule has 1 atom stereocenters. The lowest BCUT2D eigenvalue weighted by atomic mass is 9.96. The Hall–Kier alpha value is -0.990. The molecule has 0 aromatic heterocycles. The molecule has 1 unspecified atom stereocenters. The summed E-state index contributed by atoms with van der Waals surface area (Å²) in [6.07, 6.45) is 1.68. The van der Waals surface area contributed by atoms with Gasteiger partial charge in [0, 0.05) is 16.9 Å². The summed E-state index contributed by atoms with van der Waals surface area (Å²) in [5.41, 5.74) is -0.406. The van der Waals surface area contributed by atoms with Crippen molar-refractivity contribution in [3.05, 3.63) is 33.8 Å². The first-order valence-electron chi connectivity index (χ1n) is 5.37. The van der Waals surface area contributed by atoms with Gasteiger partial charge in [0.2, 0.25) is 0 Å². The fourth-order valence-electron chi connectivity index (χ4n) is 1.76. The highest BCUT2D eigenvalue weighted by Crippen LogP contribution is 2.37. The monoisotopic (exact) mass is 319 g/mol. The second-order valence-electron chi connectivity index (χ2n) is 3.81. The van der Waals surface area contributed by atoms with Crippen molar-refractivity contribution in [2.75, 3.05) is 7.05 Å². The molecular weight excluding hydrogens is 307 g/mol. The molecule has 0 aliphatic rings. The Labute approximate surface area is 113 Å². The number of hydrogen-bond donors (Lipinski definition) is 1. The normalized spacial score (nSPS) is 13.1. The zero-order chi connectivity index (χ0) is 13.8. The van der Waals surface area contributed by atoms with E-state index in [1.165, 1.54) is 6.07 Å². The summed E-state index contributed by atoms with van der Waals surface area (Å²) in [7, 11) is 1.63. The molecule has 0 saturated carbocycles. The molecule has 1 rings (SSSR count). The molecule has 0 radical (unpaired) electrons. The zero-order valence-electron chi connectivity index (χ0n) is 9.81. The number of terminal acetylenes is 1. The van der Waals surface area contributed by atoms with Crippen LogP contribution in [0.15, 0.2) is 22.7 Å². The highest BCUT2D eigenvalue weighted by molar-refractivity contribution is 9.10. The molecule has 1 aromatic carbocycles. The topological polar surface area (TPSA) is 12.0 Å². The molecule has 0 spiro atoms. The molecule has 0 amide bonds. The van der Waals surface area contributed by atoms with Crippen LogP contribution in [0.25, 0.3) is 0 Å². The van der Waals surface area contributed by atoms with E-state index in [9.17, 15) is 13.2 Å². The van der Waals surface area contributed by atoms with Gasteiger partial charge in [0.1, 0.15) is 0 Å². The van der Waals surface area contributed by atoms with Crippen LogP contribution in [-0.4, -0.2) is 7.05 Å². The van der Waals surface area contributed by atoms with Gasteiger partial charge in [0.25, 0.3) is 0 Å².